The first-order valence-electron chi connectivity index (χ1n) is 5.70. The maximum Gasteiger partial charge on any atom is -0.0360 e. The van der Waals surface area contributed by atoms with E-state index in [4.69, 9.17) is 0 Å². The van der Waals surface area contributed by atoms with Gasteiger partial charge in [0.05, 0.1) is 0 Å². The van der Waals surface area contributed by atoms with Crippen LogP contribution in [0.3, 0.4) is 0 Å². The van der Waals surface area contributed by atoms with Crippen LogP contribution in [-0.4, -0.2) is 0 Å². The normalized spacial score (nSPS) is 53.8. The van der Waals surface area contributed by atoms with Crippen LogP contribution in [0, 0.1) is 29.6 Å². The summed E-state index contributed by atoms with van der Waals surface area (Å²) in [6.07, 6.45) is 6.05. The summed E-state index contributed by atoms with van der Waals surface area (Å²) < 4.78 is 0. The fourth-order valence-corrected chi connectivity index (χ4v) is 3.97. The van der Waals surface area contributed by atoms with Crippen molar-refractivity contribution in [3.8, 4) is 0 Å². The predicted molar refractivity (Wildman–Crippen MR) is 52.9 cm³/mol. The molecule has 12 heavy (non-hydrogen) atoms. The van der Waals surface area contributed by atoms with Crippen LogP contribution in [0.4, 0.5) is 0 Å². The fraction of sp³-hybridized carbons (Fsp3) is 1.00. The molecule has 0 aromatic carbocycles. The summed E-state index contributed by atoms with van der Waals surface area (Å²) >= 11 is 0. The highest BCUT2D eigenvalue weighted by Gasteiger charge is 2.40. The van der Waals surface area contributed by atoms with Crippen molar-refractivity contribution in [1.82, 2.24) is 0 Å². The zero-order valence-electron chi connectivity index (χ0n) is 8.72. The van der Waals surface area contributed by atoms with E-state index in [0.29, 0.717) is 0 Å². The predicted octanol–water partition coefficient (Wildman–Crippen LogP) is 3.71. The lowest BCUT2D eigenvalue weighted by Gasteiger charge is -2.48. The molecule has 0 heterocycles. The maximum absolute atomic E-state index is 2.50. The molecule has 0 aromatic heterocycles. The van der Waals surface area contributed by atoms with Crippen molar-refractivity contribution in [3.05, 3.63) is 0 Å². The average Bonchev–Trinajstić information content (AvgIpc) is 2.01. The standard InChI is InChI=1S/C12H22/c1-8-7-9(2)12-6-4-5-11(8)10(12)3/h8-12H,4-7H2,1-3H3. The molecule has 4 atom stereocenters. The number of fused-ring (bicyclic) bond motifs is 2. The van der Waals surface area contributed by atoms with E-state index in [-0.39, 0.29) is 0 Å². The summed E-state index contributed by atoms with van der Waals surface area (Å²) in [4.78, 5) is 0. The number of rotatable bonds is 0. The first-order valence-corrected chi connectivity index (χ1v) is 5.70. The molecule has 2 aliphatic rings. The third-order valence-electron chi connectivity index (χ3n) is 4.63. The molecule has 2 aliphatic carbocycles. The average molecular weight is 166 g/mol. The highest BCUT2D eigenvalue weighted by atomic mass is 14.5. The largest absolute Gasteiger partial charge is 0.0622 e. The molecule has 70 valence electrons. The third-order valence-corrected chi connectivity index (χ3v) is 4.63. The molecule has 2 fully saturated rings. The Morgan fingerprint density at radius 1 is 0.833 bits per heavy atom. The molecule has 0 N–H and O–H groups in total. The Bertz CT molecular complexity index is 145. The van der Waals surface area contributed by atoms with Crippen molar-refractivity contribution in [3.63, 3.8) is 0 Å². The van der Waals surface area contributed by atoms with Crippen LogP contribution in [0.1, 0.15) is 46.5 Å². The fourth-order valence-electron chi connectivity index (χ4n) is 3.97. The van der Waals surface area contributed by atoms with Crippen LogP contribution >= 0.6 is 0 Å². The molecule has 2 saturated carbocycles. The van der Waals surface area contributed by atoms with E-state index in [0.717, 1.165) is 29.6 Å². The zero-order valence-corrected chi connectivity index (χ0v) is 8.72. The Hall–Kier alpha value is 0. The Morgan fingerprint density at radius 2 is 1.33 bits per heavy atom. The van der Waals surface area contributed by atoms with Gasteiger partial charge in [0.15, 0.2) is 0 Å². The van der Waals surface area contributed by atoms with Crippen LogP contribution < -0.4 is 0 Å². The molecule has 0 aromatic rings. The van der Waals surface area contributed by atoms with E-state index in [9.17, 15) is 0 Å². The van der Waals surface area contributed by atoms with Crippen LogP contribution in [0.25, 0.3) is 0 Å². The van der Waals surface area contributed by atoms with Crippen molar-refractivity contribution in [2.24, 2.45) is 29.6 Å². The topological polar surface area (TPSA) is 0 Å². The molecule has 0 amide bonds. The summed E-state index contributed by atoms with van der Waals surface area (Å²) in [7, 11) is 0. The Labute approximate surface area is 76.7 Å². The minimum atomic E-state index is 1.01. The molecule has 2 bridgehead atoms. The summed E-state index contributed by atoms with van der Waals surface area (Å²) in [6, 6.07) is 0. The minimum Gasteiger partial charge on any atom is -0.0622 e. The van der Waals surface area contributed by atoms with Gasteiger partial charge in [-0.15, -0.1) is 0 Å². The minimum absolute atomic E-state index is 1.01. The van der Waals surface area contributed by atoms with Crippen LogP contribution in [0.15, 0.2) is 0 Å². The Balaban J connectivity index is 2.15. The zero-order chi connectivity index (χ0) is 8.72. The summed E-state index contributed by atoms with van der Waals surface area (Å²) in [6.45, 7) is 7.44. The van der Waals surface area contributed by atoms with Gasteiger partial charge in [-0.3, -0.25) is 0 Å². The van der Waals surface area contributed by atoms with Gasteiger partial charge in [0, 0.05) is 0 Å². The molecule has 0 radical (unpaired) electrons. The molecule has 0 heteroatoms. The molecule has 0 spiro atoms. The smallest absolute Gasteiger partial charge is 0.0360 e. The maximum atomic E-state index is 2.50. The van der Waals surface area contributed by atoms with Gasteiger partial charge in [-0.25, -0.2) is 0 Å². The van der Waals surface area contributed by atoms with E-state index in [1.54, 1.807) is 0 Å². The van der Waals surface area contributed by atoms with E-state index in [2.05, 4.69) is 20.8 Å². The molecule has 0 aliphatic heterocycles. The molecule has 4 unspecified atom stereocenters. The van der Waals surface area contributed by atoms with Gasteiger partial charge in [-0.2, -0.15) is 0 Å². The number of hydrogen-bond acceptors (Lipinski definition) is 0. The Kier molecular flexibility index (Phi) is 2.18. The second-order valence-corrected chi connectivity index (χ2v) is 5.31. The third kappa shape index (κ3) is 1.20. The van der Waals surface area contributed by atoms with Gasteiger partial charge < -0.3 is 0 Å². The van der Waals surface area contributed by atoms with E-state index in [1.165, 1.54) is 25.7 Å². The number of hydrogen-bond donors (Lipinski definition) is 0. The van der Waals surface area contributed by atoms with Crippen molar-refractivity contribution in [2.75, 3.05) is 0 Å². The van der Waals surface area contributed by atoms with E-state index in [1.807, 2.05) is 0 Å². The lowest BCUT2D eigenvalue weighted by Crippen LogP contribution is -2.39. The molecule has 0 saturated heterocycles. The van der Waals surface area contributed by atoms with Gasteiger partial charge in [-0.1, -0.05) is 27.2 Å². The highest BCUT2D eigenvalue weighted by Crippen LogP contribution is 2.49. The first-order chi connectivity index (χ1) is 5.70. The van der Waals surface area contributed by atoms with Gasteiger partial charge in [0.25, 0.3) is 0 Å². The lowest BCUT2D eigenvalue weighted by molar-refractivity contribution is 0.0188. The molecule has 0 nitrogen and oxygen atoms in total. The van der Waals surface area contributed by atoms with Crippen LogP contribution in [-0.2, 0) is 0 Å². The second-order valence-electron chi connectivity index (χ2n) is 5.31. The molecular formula is C12H22. The van der Waals surface area contributed by atoms with Gasteiger partial charge in [0.1, 0.15) is 0 Å². The van der Waals surface area contributed by atoms with Gasteiger partial charge >= 0.3 is 0 Å². The Morgan fingerprint density at radius 3 is 1.83 bits per heavy atom. The van der Waals surface area contributed by atoms with Crippen LogP contribution in [0.2, 0.25) is 0 Å². The quantitative estimate of drug-likeness (QED) is 0.514. The molecular weight excluding hydrogens is 144 g/mol. The summed E-state index contributed by atoms with van der Waals surface area (Å²) in [5.41, 5.74) is 0. The van der Waals surface area contributed by atoms with Gasteiger partial charge in [-0.05, 0) is 48.9 Å². The van der Waals surface area contributed by atoms with Crippen LogP contribution in [0.5, 0.6) is 0 Å². The van der Waals surface area contributed by atoms with Gasteiger partial charge in [0.2, 0.25) is 0 Å². The van der Waals surface area contributed by atoms with Crippen molar-refractivity contribution >= 4 is 0 Å². The van der Waals surface area contributed by atoms with Crippen molar-refractivity contribution in [2.45, 2.75) is 46.5 Å². The SMILES string of the molecule is CC1CC(C)C2CCCC1C2C. The second kappa shape index (κ2) is 3.05. The van der Waals surface area contributed by atoms with Crippen molar-refractivity contribution < 1.29 is 0 Å². The van der Waals surface area contributed by atoms with E-state index < -0.39 is 0 Å². The summed E-state index contributed by atoms with van der Waals surface area (Å²) in [5, 5.41) is 0. The first kappa shape index (κ1) is 8.59. The lowest BCUT2D eigenvalue weighted by atomic mass is 9.58. The molecule has 2 rings (SSSR count). The van der Waals surface area contributed by atoms with E-state index >= 15 is 0 Å². The highest BCUT2D eigenvalue weighted by molar-refractivity contribution is 4.90. The summed E-state index contributed by atoms with van der Waals surface area (Å²) in [5.74, 6) is 5.18. The van der Waals surface area contributed by atoms with Crippen molar-refractivity contribution in [1.29, 1.82) is 0 Å². The monoisotopic (exact) mass is 166 g/mol.